The Morgan fingerprint density at radius 3 is 2.46 bits per heavy atom. The van der Waals surface area contributed by atoms with Gasteiger partial charge in [0.2, 0.25) is 5.91 Å². The number of methoxy groups -OCH3 is 1. The number of nitro groups is 1. The number of carbonyl (C=O) groups is 2. The van der Waals surface area contributed by atoms with Crippen LogP contribution in [0.1, 0.15) is 16.7 Å². The van der Waals surface area contributed by atoms with E-state index < -0.39 is 4.92 Å². The van der Waals surface area contributed by atoms with Gasteiger partial charge in [0, 0.05) is 17.8 Å². The number of non-ortho nitro benzene ring substituents is 1. The fourth-order valence-corrected chi connectivity index (χ4v) is 4.60. The van der Waals surface area contributed by atoms with E-state index in [1.807, 2.05) is 44.2 Å². The number of anilines is 2. The van der Waals surface area contributed by atoms with Crippen LogP contribution in [0.5, 0.6) is 5.75 Å². The van der Waals surface area contributed by atoms with Crippen LogP contribution < -0.4 is 15.0 Å². The summed E-state index contributed by atoms with van der Waals surface area (Å²) in [7, 11) is 1.58. The van der Waals surface area contributed by atoms with Crippen LogP contribution in [-0.2, 0) is 9.59 Å². The SMILES string of the molecule is COc1ccc(C=C2N=C(SCC(=O)Nc3cccc([N+](=O)[O-])c3)N(c3cc(C)cc(C)c3)C2=O)cc1. The molecule has 37 heavy (non-hydrogen) atoms. The van der Waals surface area contributed by atoms with E-state index in [1.165, 1.54) is 23.1 Å². The predicted octanol–water partition coefficient (Wildman–Crippen LogP) is 5.34. The Labute approximate surface area is 218 Å². The topological polar surface area (TPSA) is 114 Å². The van der Waals surface area contributed by atoms with E-state index in [2.05, 4.69) is 10.3 Å². The smallest absolute Gasteiger partial charge is 0.283 e. The van der Waals surface area contributed by atoms with Gasteiger partial charge in [-0.1, -0.05) is 36.0 Å². The van der Waals surface area contributed by atoms with Crippen molar-refractivity contribution >= 4 is 51.9 Å². The molecule has 2 amide bonds. The van der Waals surface area contributed by atoms with Crippen molar-refractivity contribution < 1.29 is 19.2 Å². The Hall–Kier alpha value is -4.44. The van der Waals surface area contributed by atoms with Crippen LogP contribution in [0.25, 0.3) is 6.08 Å². The highest BCUT2D eigenvalue weighted by Gasteiger charge is 2.32. The number of amidine groups is 1. The third kappa shape index (κ3) is 6.22. The number of aliphatic imine (C=N–C) groups is 1. The molecule has 0 bridgehead atoms. The number of hydrogen-bond acceptors (Lipinski definition) is 7. The van der Waals surface area contributed by atoms with E-state index in [0.29, 0.717) is 22.3 Å². The van der Waals surface area contributed by atoms with Gasteiger partial charge in [-0.15, -0.1) is 0 Å². The van der Waals surface area contributed by atoms with Crippen LogP contribution in [0.2, 0.25) is 0 Å². The van der Waals surface area contributed by atoms with Crippen LogP contribution in [0.4, 0.5) is 17.1 Å². The van der Waals surface area contributed by atoms with Crippen molar-refractivity contribution in [2.75, 3.05) is 23.1 Å². The monoisotopic (exact) mass is 516 g/mol. The van der Waals surface area contributed by atoms with E-state index in [-0.39, 0.29) is 29.0 Å². The van der Waals surface area contributed by atoms with Gasteiger partial charge in [-0.25, -0.2) is 4.99 Å². The van der Waals surface area contributed by atoms with E-state index in [4.69, 9.17) is 4.74 Å². The number of carbonyl (C=O) groups excluding carboxylic acids is 2. The molecule has 3 aromatic rings. The minimum absolute atomic E-state index is 0.0497. The maximum atomic E-state index is 13.4. The lowest BCUT2D eigenvalue weighted by Gasteiger charge is -2.19. The lowest BCUT2D eigenvalue weighted by Crippen LogP contribution is -2.31. The lowest BCUT2D eigenvalue weighted by atomic mass is 10.1. The van der Waals surface area contributed by atoms with Crippen LogP contribution >= 0.6 is 11.8 Å². The Bertz CT molecular complexity index is 1410. The Kier molecular flexibility index (Phi) is 7.69. The molecule has 0 spiro atoms. The van der Waals surface area contributed by atoms with Gasteiger partial charge in [-0.05, 0) is 66.9 Å². The quantitative estimate of drug-likeness (QED) is 0.258. The molecule has 10 heteroatoms. The van der Waals surface area contributed by atoms with Gasteiger partial charge in [0.25, 0.3) is 11.6 Å². The molecule has 4 rings (SSSR count). The summed E-state index contributed by atoms with van der Waals surface area (Å²) in [4.78, 5) is 42.6. The first kappa shape index (κ1) is 25.6. The molecule has 0 aromatic heterocycles. The second-order valence-corrected chi connectivity index (χ2v) is 9.27. The van der Waals surface area contributed by atoms with E-state index in [9.17, 15) is 19.7 Å². The summed E-state index contributed by atoms with van der Waals surface area (Å²) < 4.78 is 5.19. The van der Waals surface area contributed by atoms with Crippen molar-refractivity contribution in [2.45, 2.75) is 13.8 Å². The maximum absolute atomic E-state index is 13.4. The zero-order valence-corrected chi connectivity index (χ0v) is 21.2. The number of rotatable bonds is 7. The number of ether oxygens (including phenoxy) is 1. The van der Waals surface area contributed by atoms with Crippen LogP contribution in [0, 0.1) is 24.0 Å². The first-order valence-corrected chi connectivity index (χ1v) is 12.3. The fraction of sp³-hybridized carbons (Fsp3) is 0.148. The highest BCUT2D eigenvalue weighted by atomic mass is 32.2. The summed E-state index contributed by atoms with van der Waals surface area (Å²) in [5, 5.41) is 14.0. The van der Waals surface area contributed by atoms with Gasteiger partial charge >= 0.3 is 0 Å². The second-order valence-electron chi connectivity index (χ2n) is 8.33. The van der Waals surface area contributed by atoms with Gasteiger partial charge in [0.1, 0.15) is 11.4 Å². The van der Waals surface area contributed by atoms with Gasteiger partial charge in [0.05, 0.1) is 23.5 Å². The Morgan fingerprint density at radius 2 is 1.81 bits per heavy atom. The average Bonchev–Trinajstić information content (AvgIpc) is 3.17. The molecular formula is C27H24N4O5S. The van der Waals surface area contributed by atoms with Crippen LogP contribution in [-0.4, -0.2) is 34.8 Å². The minimum atomic E-state index is -0.526. The molecule has 1 aliphatic rings. The van der Waals surface area contributed by atoms with Gasteiger partial charge < -0.3 is 10.1 Å². The number of aryl methyl sites for hydroxylation is 2. The highest BCUT2D eigenvalue weighted by Crippen LogP contribution is 2.31. The molecule has 1 aliphatic heterocycles. The summed E-state index contributed by atoms with van der Waals surface area (Å²) in [5.74, 6) is -0.0337. The van der Waals surface area contributed by atoms with E-state index in [0.717, 1.165) is 28.5 Å². The van der Waals surface area contributed by atoms with Crippen molar-refractivity contribution in [3.63, 3.8) is 0 Å². The van der Waals surface area contributed by atoms with Crippen LogP contribution in [0.3, 0.4) is 0 Å². The number of nitrogens with one attached hydrogen (secondary N) is 1. The summed E-state index contributed by atoms with van der Waals surface area (Å²) in [6.07, 6.45) is 1.69. The van der Waals surface area contributed by atoms with Gasteiger partial charge in [-0.2, -0.15) is 0 Å². The first-order valence-electron chi connectivity index (χ1n) is 11.3. The number of thioether (sulfide) groups is 1. The molecule has 0 atom stereocenters. The standard InChI is InChI=1S/C27H24N4O5S/c1-17-11-18(2)13-22(12-17)30-26(33)24(14-19-7-9-23(36-3)10-8-19)29-27(30)37-16-25(32)28-20-5-4-6-21(15-20)31(34)35/h4-15H,16H2,1-3H3,(H,28,32). The number of benzene rings is 3. The lowest BCUT2D eigenvalue weighted by molar-refractivity contribution is -0.384. The molecule has 0 radical (unpaired) electrons. The molecule has 1 N–H and O–H groups in total. The van der Waals surface area contributed by atoms with Crippen LogP contribution in [0.15, 0.2) is 77.4 Å². The van der Waals surface area contributed by atoms with Gasteiger partial charge in [0.15, 0.2) is 5.17 Å². The number of hydrogen-bond donors (Lipinski definition) is 1. The first-order chi connectivity index (χ1) is 17.7. The predicted molar refractivity (Wildman–Crippen MR) is 146 cm³/mol. The number of nitro benzene ring substituents is 1. The zero-order chi connectivity index (χ0) is 26.5. The van der Waals surface area contributed by atoms with Crippen molar-refractivity contribution in [1.82, 2.24) is 0 Å². The molecule has 0 saturated heterocycles. The molecule has 0 fully saturated rings. The maximum Gasteiger partial charge on any atom is 0.283 e. The fourth-order valence-electron chi connectivity index (χ4n) is 3.78. The summed E-state index contributed by atoms with van der Waals surface area (Å²) in [5.41, 5.74) is 3.85. The second kappa shape index (κ2) is 11.1. The Morgan fingerprint density at radius 1 is 1.11 bits per heavy atom. The summed E-state index contributed by atoms with van der Waals surface area (Å²) in [6, 6.07) is 18.7. The van der Waals surface area contributed by atoms with E-state index in [1.54, 1.807) is 31.4 Å². The van der Waals surface area contributed by atoms with Crippen molar-refractivity contribution in [1.29, 1.82) is 0 Å². The Balaban J connectivity index is 1.58. The zero-order valence-electron chi connectivity index (χ0n) is 20.4. The third-order valence-corrected chi connectivity index (χ3v) is 6.33. The molecule has 9 nitrogen and oxygen atoms in total. The molecule has 1 heterocycles. The summed E-state index contributed by atoms with van der Waals surface area (Å²) in [6.45, 7) is 3.89. The van der Waals surface area contributed by atoms with Crippen molar-refractivity contribution in [2.24, 2.45) is 4.99 Å². The molecule has 188 valence electrons. The van der Waals surface area contributed by atoms with E-state index >= 15 is 0 Å². The molecule has 0 unspecified atom stereocenters. The van der Waals surface area contributed by atoms with Crippen molar-refractivity contribution in [3.8, 4) is 5.75 Å². The molecule has 3 aromatic carbocycles. The largest absolute Gasteiger partial charge is 0.497 e. The molecule has 0 saturated carbocycles. The molecule has 0 aliphatic carbocycles. The number of nitrogens with zero attached hydrogens (tertiary/aromatic N) is 3. The highest BCUT2D eigenvalue weighted by molar-refractivity contribution is 8.14. The third-order valence-electron chi connectivity index (χ3n) is 5.39. The van der Waals surface area contributed by atoms with Gasteiger partial charge in [-0.3, -0.25) is 24.6 Å². The normalized spacial score (nSPS) is 14.0. The number of amides is 2. The van der Waals surface area contributed by atoms with Crippen molar-refractivity contribution in [3.05, 3.63) is 99.2 Å². The molecular weight excluding hydrogens is 492 g/mol. The summed E-state index contributed by atoms with van der Waals surface area (Å²) >= 11 is 1.11. The average molecular weight is 517 g/mol. The minimum Gasteiger partial charge on any atom is -0.497 e.